The Balaban J connectivity index is 2.09. The van der Waals surface area contributed by atoms with E-state index < -0.39 is 29.3 Å². The van der Waals surface area contributed by atoms with Crippen LogP contribution in [-0.4, -0.2) is 26.2 Å². The van der Waals surface area contributed by atoms with E-state index in [4.69, 9.17) is 9.47 Å². The summed E-state index contributed by atoms with van der Waals surface area (Å²) in [6.07, 6.45) is 9.52. The van der Waals surface area contributed by atoms with E-state index >= 15 is 0 Å². The molecular weight excluding hydrogens is 402 g/mol. The van der Waals surface area contributed by atoms with Gasteiger partial charge in [-0.15, -0.1) is 0 Å². The Morgan fingerprint density at radius 3 is 2.19 bits per heavy atom. The van der Waals surface area contributed by atoms with Crippen LogP contribution < -0.4 is 4.90 Å². The van der Waals surface area contributed by atoms with Gasteiger partial charge in [-0.1, -0.05) is 71.8 Å². The maximum absolute atomic E-state index is 13.6. The lowest BCUT2D eigenvalue weighted by Crippen LogP contribution is -2.49. The fourth-order valence-electron chi connectivity index (χ4n) is 4.89. The van der Waals surface area contributed by atoms with Crippen LogP contribution in [0.3, 0.4) is 0 Å². The van der Waals surface area contributed by atoms with Crippen molar-refractivity contribution in [2.24, 2.45) is 11.3 Å². The van der Waals surface area contributed by atoms with Crippen LogP contribution in [-0.2, 0) is 19.1 Å². The van der Waals surface area contributed by atoms with Crippen molar-refractivity contribution in [3.63, 3.8) is 0 Å². The van der Waals surface area contributed by atoms with Crippen LogP contribution in [0.15, 0.2) is 84.6 Å². The highest BCUT2D eigenvalue weighted by atomic mass is 16.5. The lowest BCUT2D eigenvalue weighted by Gasteiger charge is -2.36. The maximum atomic E-state index is 13.6. The molecule has 0 N–H and O–H groups in total. The van der Waals surface area contributed by atoms with Gasteiger partial charge >= 0.3 is 11.9 Å². The fraction of sp³-hybridized carbons (Fsp3) is 0.259. The topological polar surface area (TPSA) is 55.8 Å². The van der Waals surface area contributed by atoms with E-state index in [2.05, 4.69) is 4.90 Å². The largest absolute Gasteiger partial charge is 0.468 e. The number of methoxy groups -OCH3 is 2. The standard InChI is InChI=1S/C27H27NO4/c1-18-13-15-21(16-14-18)28-23-12-7-5-6-11-22(23)27(25(29)31-3,26(30)32-4)24(28)20-10-8-9-19(2)17-20/h5-17,22,24H,1-4H3/t22-,24+/m1/s1. The summed E-state index contributed by atoms with van der Waals surface area (Å²) >= 11 is 0. The number of rotatable bonds is 4. The van der Waals surface area contributed by atoms with Crippen LogP contribution in [0.5, 0.6) is 0 Å². The molecule has 1 aliphatic carbocycles. The number of fused-ring (bicyclic) bond motifs is 1. The summed E-state index contributed by atoms with van der Waals surface area (Å²) in [7, 11) is 2.63. The molecule has 0 aromatic heterocycles. The molecule has 1 fully saturated rings. The second kappa shape index (κ2) is 8.50. The summed E-state index contributed by atoms with van der Waals surface area (Å²) in [6, 6.07) is 15.3. The molecule has 2 aromatic rings. The summed E-state index contributed by atoms with van der Waals surface area (Å²) in [4.78, 5) is 29.2. The molecule has 1 heterocycles. The van der Waals surface area contributed by atoms with Crippen molar-refractivity contribution in [3.8, 4) is 0 Å². The molecule has 2 aromatic carbocycles. The van der Waals surface area contributed by atoms with E-state index in [1.807, 2.05) is 92.8 Å². The minimum Gasteiger partial charge on any atom is -0.468 e. The third-order valence-electron chi connectivity index (χ3n) is 6.29. The van der Waals surface area contributed by atoms with Crippen molar-refractivity contribution in [1.29, 1.82) is 0 Å². The number of anilines is 1. The fourth-order valence-corrected chi connectivity index (χ4v) is 4.89. The Bertz CT molecular complexity index is 1110. The molecule has 2 aliphatic rings. The lowest BCUT2D eigenvalue weighted by atomic mass is 9.69. The molecule has 5 heteroatoms. The van der Waals surface area contributed by atoms with E-state index in [0.717, 1.165) is 28.1 Å². The highest BCUT2D eigenvalue weighted by molar-refractivity contribution is 6.04. The second-order valence-corrected chi connectivity index (χ2v) is 8.21. The highest BCUT2D eigenvalue weighted by Gasteiger charge is 2.67. The number of ether oxygens (including phenoxy) is 2. The molecule has 0 bridgehead atoms. The molecule has 0 spiro atoms. The molecule has 1 saturated heterocycles. The zero-order valence-corrected chi connectivity index (χ0v) is 18.7. The van der Waals surface area contributed by atoms with Crippen molar-refractivity contribution in [1.82, 2.24) is 0 Å². The van der Waals surface area contributed by atoms with Crippen LogP contribution in [0.1, 0.15) is 22.7 Å². The van der Waals surface area contributed by atoms with Crippen molar-refractivity contribution in [2.45, 2.75) is 19.9 Å². The van der Waals surface area contributed by atoms with Crippen molar-refractivity contribution < 1.29 is 19.1 Å². The monoisotopic (exact) mass is 429 g/mol. The van der Waals surface area contributed by atoms with Gasteiger partial charge in [-0.25, -0.2) is 0 Å². The van der Waals surface area contributed by atoms with Crippen LogP contribution in [0, 0.1) is 25.2 Å². The third kappa shape index (κ3) is 3.25. The van der Waals surface area contributed by atoms with Gasteiger partial charge < -0.3 is 14.4 Å². The molecule has 5 nitrogen and oxygen atoms in total. The van der Waals surface area contributed by atoms with Gasteiger partial charge in [0.1, 0.15) is 0 Å². The maximum Gasteiger partial charge on any atom is 0.326 e. The van der Waals surface area contributed by atoms with Gasteiger partial charge in [0.15, 0.2) is 0 Å². The Hall–Kier alpha value is -3.60. The third-order valence-corrected chi connectivity index (χ3v) is 6.29. The molecule has 0 saturated carbocycles. The number of benzene rings is 2. The number of carbonyl (C=O) groups excluding carboxylic acids is 2. The number of hydrogen-bond donors (Lipinski definition) is 0. The first kappa shape index (κ1) is 21.6. The predicted octanol–water partition coefficient (Wildman–Crippen LogP) is 4.82. The van der Waals surface area contributed by atoms with Gasteiger partial charge in [0.2, 0.25) is 5.41 Å². The molecule has 2 atom stereocenters. The Morgan fingerprint density at radius 2 is 1.56 bits per heavy atom. The first-order valence-electron chi connectivity index (χ1n) is 10.6. The van der Waals surface area contributed by atoms with Crippen LogP contribution >= 0.6 is 0 Å². The predicted molar refractivity (Wildman–Crippen MR) is 124 cm³/mol. The van der Waals surface area contributed by atoms with E-state index in [1.165, 1.54) is 14.2 Å². The number of aryl methyl sites for hydroxylation is 2. The smallest absolute Gasteiger partial charge is 0.326 e. The quantitative estimate of drug-likeness (QED) is 0.515. The van der Waals surface area contributed by atoms with Crippen LogP contribution in [0.25, 0.3) is 0 Å². The summed E-state index contributed by atoms with van der Waals surface area (Å²) < 4.78 is 10.6. The lowest BCUT2D eigenvalue weighted by molar-refractivity contribution is -0.172. The van der Waals surface area contributed by atoms with Gasteiger partial charge in [0, 0.05) is 17.3 Å². The van der Waals surface area contributed by atoms with Crippen molar-refractivity contribution >= 4 is 17.6 Å². The Kier molecular flexibility index (Phi) is 5.74. The first-order chi connectivity index (χ1) is 15.4. The van der Waals surface area contributed by atoms with Gasteiger partial charge in [0.25, 0.3) is 0 Å². The summed E-state index contributed by atoms with van der Waals surface area (Å²) in [5.74, 6) is -1.80. The molecule has 32 heavy (non-hydrogen) atoms. The zero-order chi connectivity index (χ0) is 22.9. The van der Waals surface area contributed by atoms with Gasteiger partial charge in [-0.3, -0.25) is 9.59 Å². The average Bonchev–Trinajstić information content (AvgIpc) is 2.91. The second-order valence-electron chi connectivity index (χ2n) is 8.21. The van der Waals surface area contributed by atoms with E-state index in [0.29, 0.717) is 0 Å². The van der Waals surface area contributed by atoms with Crippen LogP contribution in [0.2, 0.25) is 0 Å². The van der Waals surface area contributed by atoms with Gasteiger partial charge in [0.05, 0.1) is 20.3 Å². The molecular formula is C27H27NO4. The molecule has 0 radical (unpaired) electrons. The minimum absolute atomic E-state index is 0.566. The highest BCUT2D eigenvalue weighted by Crippen LogP contribution is 2.59. The normalized spacial score (nSPS) is 20.9. The Morgan fingerprint density at radius 1 is 0.875 bits per heavy atom. The van der Waals surface area contributed by atoms with E-state index in [-0.39, 0.29) is 0 Å². The van der Waals surface area contributed by atoms with E-state index in [9.17, 15) is 9.59 Å². The Labute approximate surface area is 188 Å². The molecule has 1 aliphatic heterocycles. The zero-order valence-electron chi connectivity index (χ0n) is 18.7. The van der Waals surface area contributed by atoms with Crippen molar-refractivity contribution in [2.75, 3.05) is 19.1 Å². The molecule has 164 valence electrons. The number of carbonyl (C=O) groups is 2. The summed E-state index contributed by atoms with van der Waals surface area (Å²) in [5.41, 5.74) is 3.10. The summed E-state index contributed by atoms with van der Waals surface area (Å²) in [5, 5.41) is 0. The summed E-state index contributed by atoms with van der Waals surface area (Å²) in [6.45, 7) is 4.02. The number of nitrogens with zero attached hydrogens (tertiary/aromatic N) is 1. The average molecular weight is 430 g/mol. The number of allylic oxidation sites excluding steroid dienone is 5. The van der Waals surface area contributed by atoms with Gasteiger partial charge in [-0.2, -0.15) is 0 Å². The molecule has 0 amide bonds. The first-order valence-corrected chi connectivity index (χ1v) is 10.6. The van der Waals surface area contributed by atoms with Gasteiger partial charge in [-0.05, 0) is 37.6 Å². The number of esters is 2. The minimum atomic E-state index is -1.61. The molecule has 0 unspecified atom stereocenters. The van der Waals surface area contributed by atoms with E-state index in [1.54, 1.807) is 0 Å². The SMILES string of the molecule is COC(=O)C1(C(=O)OC)[C@@H]2C=CC=CC=C2N(c2ccc(C)cc2)[C@H]1c1cccc(C)c1. The molecule has 4 rings (SSSR count). The van der Waals surface area contributed by atoms with Crippen molar-refractivity contribution in [3.05, 3.63) is 101 Å². The number of hydrogen-bond acceptors (Lipinski definition) is 5. The van der Waals surface area contributed by atoms with Crippen LogP contribution in [0.4, 0.5) is 5.69 Å².